The molecule has 0 aliphatic rings. The van der Waals surface area contributed by atoms with Crippen LogP contribution in [0.4, 0.5) is 0 Å². The number of halogens is 2. The van der Waals surface area contributed by atoms with Gasteiger partial charge in [0.2, 0.25) is 0 Å². The number of rotatable bonds is 2. The Kier molecular flexibility index (Phi) is 2.54. The molecule has 0 aliphatic heterocycles. The van der Waals surface area contributed by atoms with Crippen LogP contribution in [0.2, 0.25) is 10.2 Å². The van der Waals surface area contributed by atoms with Crippen LogP contribution in [-0.4, -0.2) is 21.5 Å². The summed E-state index contributed by atoms with van der Waals surface area (Å²) in [4.78, 5) is 0. The van der Waals surface area contributed by atoms with Crippen LogP contribution in [-0.2, 0) is 6.54 Å². The molecular formula is C5H6Cl2N2O. The van der Waals surface area contributed by atoms with Crippen LogP contribution in [0, 0.1) is 0 Å². The zero-order valence-electron chi connectivity index (χ0n) is 5.09. The summed E-state index contributed by atoms with van der Waals surface area (Å²) in [7, 11) is 0. The van der Waals surface area contributed by atoms with E-state index in [1.54, 1.807) is 0 Å². The molecule has 1 heterocycles. The SMILES string of the molecule is OCCn1ncc(Cl)c1Cl. The Morgan fingerprint density at radius 2 is 2.30 bits per heavy atom. The Bertz CT molecular complexity index is 223. The van der Waals surface area contributed by atoms with E-state index < -0.39 is 0 Å². The summed E-state index contributed by atoms with van der Waals surface area (Å²) in [5.74, 6) is 0. The van der Waals surface area contributed by atoms with Gasteiger partial charge in [0, 0.05) is 0 Å². The maximum atomic E-state index is 8.49. The van der Waals surface area contributed by atoms with Crippen molar-refractivity contribution < 1.29 is 5.11 Å². The van der Waals surface area contributed by atoms with E-state index in [4.69, 9.17) is 28.3 Å². The second-order valence-corrected chi connectivity index (χ2v) is 2.50. The lowest BCUT2D eigenvalue weighted by Crippen LogP contribution is -2.03. The Hall–Kier alpha value is -0.250. The number of hydrogen-bond acceptors (Lipinski definition) is 2. The lowest BCUT2D eigenvalue weighted by Gasteiger charge is -1.97. The van der Waals surface area contributed by atoms with E-state index in [9.17, 15) is 0 Å². The quantitative estimate of drug-likeness (QED) is 0.743. The average Bonchev–Trinajstić information content (AvgIpc) is 2.20. The van der Waals surface area contributed by atoms with Crippen LogP contribution in [0.25, 0.3) is 0 Å². The third-order valence-electron chi connectivity index (χ3n) is 1.05. The summed E-state index contributed by atoms with van der Waals surface area (Å²) >= 11 is 11.2. The number of aliphatic hydroxyl groups excluding tert-OH is 1. The van der Waals surface area contributed by atoms with Crippen LogP contribution in [0.3, 0.4) is 0 Å². The first kappa shape index (κ1) is 7.85. The molecule has 0 bridgehead atoms. The van der Waals surface area contributed by atoms with E-state index >= 15 is 0 Å². The maximum absolute atomic E-state index is 8.49. The highest BCUT2D eigenvalue weighted by Crippen LogP contribution is 2.19. The lowest BCUT2D eigenvalue weighted by atomic mass is 10.7. The van der Waals surface area contributed by atoms with Crippen molar-refractivity contribution in [1.29, 1.82) is 0 Å². The van der Waals surface area contributed by atoms with Crippen molar-refractivity contribution in [1.82, 2.24) is 9.78 Å². The zero-order chi connectivity index (χ0) is 7.56. The van der Waals surface area contributed by atoms with Gasteiger partial charge in [0.15, 0.2) is 0 Å². The Morgan fingerprint density at radius 3 is 2.70 bits per heavy atom. The van der Waals surface area contributed by atoms with E-state index in [1.165, 1.54) is 10.9 Å². The monoisotopic (exact) mass is 180 g/mol. The first-order valence-electron chi connectivity index (χ1n) is 2.73. The van der Waals surface area contributed by atoms with E-state index in [-0.39, 0.29) is 6.61 Å². The minimum atomic E-state index is 0.0116. The van der Waals surface area contributed by atoms with Gasteiger partial charge in [-0.1, -0.05) is 23.2 Å². The summed E-state index contributed by atoms with van der Waals surface area (Å²) in [5, 5.41) is 13.1. The molecule has 5 heteroatoms. The number of nitrogens with zero attached hydrogens (tertiary/aromatic N) is 2. The highest BCUT2D eigenvalue weighted by atomic mass is 35.5. The van der Waals surface area contributed by atoms with Crippen LogP contribution >= 0.6 is 23.2 Å². The normalized spacial score (nSPS) is 10.3. The molecule has 56 valence electrons. The largest absolute Gasteiger partial charge is 0.394 e. The molecule has 0 spiro atoms. The Balaban J connectivity index is 2.83. The predicted molar refractivity (Wildman–Crippen MR) is 39.3 cm³/mol. The fourth-order valence-electron chi connectivity index (χ4n) is 0.598. The molecule has 1 aromatic rings. The van der Waals surface area contributed by atoms with Crippen LogP contribution in [0.5, 0.6) is 0 Å². The van der Waals surface area contributed by atoms with Crippen molar-refractivity contribution in [3.63, 3.8) is 0 Å². The van der Waals surface area contributed by atoms with Gasteiger partial charge in [0.1, 0.15) is 5.15 Å². The molecular weight excluding hydrogens is 175 g/mol. The number of aromatic nitrogens is 2. The third kappa shape index (κ3) is 1.42. The van der Waals surface area contributed by atoms with Gasteiger partial charge in [-0.3, -0.25) is 4.68 Å². The topological polar surface area (TPSA) is 38.0 Å². The molecule has 0 aromatic carbocycles. The summed E-state index contributed by atoms with van der Waals surface area (Å²) < 4.78 is 1.43. The summed E-state index contributed by atoms with van der Waals surface area (Å²) in [6, 6.07) is 0. The van der Waals surface area contributed by atoms with Gasteiger partial charge in [-0.15, -0.1) is 0 Å². The van der Waals surface area contributed by atoms with Gasteiger partial charge in [-0.25, -0.2) is 0 Å². The Morgan fingerprint density at radius 1 is 1.60 bits per heavy atom. The first-order valence-corrected chi connectivity index (χ1v) is 3.49. The van der Waals surface area contributed by atoms with Gasteiger partial charge in [-0.05, 0) is 0 Å². The van der Waals surface area contributed by atoms with Crippen LogP contribution in [0.15, 0.2) is 6.20 Å². The molecule has 1 aromatic heterocycles. The standard InChI is InChI=1S/C5H6Cl2N2O/c6-4-3-8-9(1-2-10)5(4)7/h3,10H,1-2H2. The predicted octanol–water partition coefficient (Wildman–Crippen LogP) is 1.18. The molecule has 0 saturated heterocycles. The molecule has 3 nitrogen and oxygen atoms in total. The van der Waals surface area contributed by atoms with Crippen LogP contribution < -0.4 is 0 Å². The summed E-state index contributed by atoms with van der Waals surface area (Å²) in [6.45, 7) is 0.392. The van der Waals surface area contributed by atoms with Gasteiger partial charge in [0.25, 0.3) is 0 Å². The fourth-order valence-corrected chi connectivity index (χ4v) is 0.916. The third-order valence-corrected chi connectivity index (χ3v) is 1.82. The van der Waals surface area contributed by atoms with Gasteiger partial charge < -0.3 is 5.11 Å². The van der Waals surface area contributed by atoms with E-state index in [0.717, 1.165) is 0 Å². The van der Waals surface area contributed by atoms with Crippen molar-refractivity contribution in [2.45, 2.75) is 6.54 Å². The number of aliphatic hydroxyl groups is 1. The molecule has 10 heavy (non-hydrogen) atoms. The summed E-state index contributed by atoms with van der Waals surface area (Å²) in [5.41, 5.74) is 0. The Labute approximate surface area is 68.2 Å². The fraction of sp³-hybridized carbons (Fsp3) is 0.400. The molecule has 0 aliphatic carbocycles. The summed E-state index contributed by atoms with van der Waals surface area (Å²) in [6.07, 6.45) is 1.44. The average molecular weight is 181 g/mol. The first-order chi connectivity index (χ1) is 4.75. The lowest BCUT2D eigenvalue weighted by molar-refractivity contribution is 0.269. The van der Waals surface area contributed by atoms with Crippen molar-refractivity contribution >= 4 is 23.2 Å². The van der Waals surface area contributed by atoms with Gasteiger partial charge >= 0.3 is 0 Å². The second-order valence-electron chi connectivity index (χ2n) is 1.73. The minimum Gasteiger partial charge on any atom is -0.394 e. The molecule has 1 rings (SSSR count). The second kappa shape index (κ2) is 3.23. The molecule has 1 N–H and O–H groups in total. The van der Waals surface area contributed by atoms with Gasteiger partial charge in [-0.2, -0.15) is 5.10 Å². The molecule has 0 unspecified atom stereocenters. The van der Waals surface area contributed by atoms with E-state index in [1.807, 2.05) is 0 Å². The molecule has 0 fully saturated rings. The smallest absolute Gasteiger partial charge is 0.145 e. The minimum absolute atomic E-state index is 0.0116. The molecule has 0 amide bonds. The van der Waals surface area contributed by atoms with Gasteiger partial charge in [0.05, 0.1) is 24.4 Å². The zero-order valence-corrected chi connectivity index (χ0v) is 6.60. The molecule has 0 atom stereocenters. The molecule has 0 saturated carbocycles. The maximum Gasteiger partial charge on any atom is 0.145 e. The van der Waals surface area contributed by atoms with Crippen molar-refractivity contribution in [2.24, 2.45) is 0 Å². The van der Waals surface area contributed by atoms with Crippen molar-refractivity contribution in [2.75, 3.05) is 6.61 Å². The highest BCUT2D eigenvalue weighted by Gasteiger charge is 2.03. The molecule has 0 radical (unpaired) electrons. The number of hydrogen-bond donors (Lipinski definition) is 1. The van der Waals surface area contributed by atoms with E-state index in [0.29, 0.717) is 16.7 Å². The van der Waals surface area contributed by atoms with Crippen molar-refractivity contribution in [3.8, 4) is 0 Å². The van der Waals surface area contributed by atoms with Crippen molar-refractivity contribution in [3.05, 3.63) is 16.4 Å². The van der Waals surface area contributed by atoms with E-state index in [2.05, 4.69) is 5.10 Å². The highest BCUT2D eigenvalue weighted by molar-refractivity contribution is 6.41. The van der Waals surface area contributed by atoms with Crippen LogP contribution in [0.1, 0.15) is 0 Å².